The highest BCUT2D eigenvalue weighted by atomic mass is 35.5. The molecule has 7 nitrogen and oxygen atoms in total. The number of carbonyl (C=O) groups is 2. The van der Waals surface area contributed by atoms with Crippen LogP contribution in [-0.4, -0.2) is 32.9 Å². The first-order valence-corrected chi connectivity index (χ1v) is 11.6. The summed E-state index contributed by atoms with van der Waals surface area (Å²) < 4.78 is 13.0. The number of carbonyl (C=O) groups excluding carboxylic acids is 2. The number of aliphatic hydroxyl groups excluding tert-OH is 1. The van der Waals surface area contributed by atoms with Crippen LogP contribution in [0.15, 0.2) is 77.0 Å². The van der Waals surface area contributed by atoms with Gasteiger partial charge in [0.05, 0.1) is 36.1 Å². The molecule has 8 heteroatoms. The fourth-order valence-electron chi connectivity index (χ4n) is 4.62. The smallest absolute Gasteiger partial charge is 0.296 e. The Labute approximate surface area is 206 Å². The number of hydrogen-bond acceptors (Lipinski definition) is 5. The number of aryl methyl sites for hydroxylation is 1. The Balaban J connectivity index is 1.74. The molecule has 2 aromatic carbocycles. The number of fused-ring (bicyclic) bond motifs is 1. The van der Waals surface area contributed by atoms with Crippen LogP contribution < -0.4 is 4.74 Å². The molecule has 0 bridgehead atoms. The molecule has 1 fully saturated rings. The molecule has 3 heterocycles. The Morgan fingerprint density at radius 2 is 1.94 bits per heavy atom. The van der Waals surface area contributed by atoms with E-state index in [9.17, 15) is 14.7 Å². The predicted octanol–water partition coefficient (Wildman–Crippen LogP) is 5.45. The van der Waals surface area contributed by atoms with E-state index in [0.717, 1.165) is 10.9 Å². The average molecular weight is 491 g/mol. The quantitative estimate of drug-likeness (QED) is 0.221. The summed E-state index contributed by atoms with van der Waals surface area (Å²) in [6.45, 7) is 2.33. The summed E-state index contributed by atoms with van der Waals surface area (Å²) in [6, 6.07) is 15.2. The second-order valence-corrected chi connectivity index (χ2v) is 8.70. The van der Waals surface area contributed by atoms with E-state index in [-0.39, 0.29) is 28.5 Å². The normalized spacial score (nSPS) is 17.5. The summed E-state index contributed by atoms with van der Waals surface area (Å²) >= 11 is 6.42. The van der Waals surface area contributed by atoms with Gasteiger partial charge < -0.3 is 23.7 Å². The van der Waals surface area contributed by atoms with Crippen molar-refractivity contribution in [3.8, 4) is 5.75 Å². The van der Waals surface area contributed by atoms with E-state index in [1.807, 2.05) is 49.0 Å². The summed E-state index contributed by atoms with van der Waals surface area (Å²) in [5.74, 6) is -0.851. The van der Waals surface area contributed by atoms with Crippen LogP contribution in [0.1, 0.15) is 29.9 Å². The molecule has 5 rings (SSSR count). The van der Waals surface area contributed by atoms with Gasteiger partial charge in [-0.25, -0.2) is 0 Å². The van der Waals surface area contributed by atoms with Gasteiger partial charge in [0.1, 0.15) is 17.3 Å². The third kappa shape index (κ3) is 3.88. The number of halogens is 1. The van der Waals surface area contributed by atoms with Crippen molar-refractivity contribution in [1.29, 1.82) is 0 Å². The summed E-state index contributed by atoms with van der Waals surface area (Å²) in [5, 5.41) is 12.5. The number of ether oxygens (including phenoxy) is 1. The molecule has 178 valence electrons. The fraction of sp³-hybridized carbons (Fsp3) is 0.185. The number of benzene rings is 2. The number of para-hydroxylation sites is 1. The van der Waals surface area contributed by atoms with E-state index in [2.05, 4.69) is 0 Å². The average Bonchev–Trinajstić information content (AvgIpc) is 3.55. The predicted molar refractivity (Wildman–Crippen MR) is 132 cm³/mol. The SMILES string of the molecule is CCOc1ccc(Cl)c(/C(O)=C2\C(=O)C(=O)N(Cc3ccco3)C2c2cn(C)c3ccccc23)c1. The number of likely N-dealkylation sites (tertiary alicyclic amines) is 1. The molecule has 0 saturated carbocycles. The molecule has 1 unspecified atom stereocenters. The second-order valence-electron chi connectivity index (χ2n) is 8.29. The number of amides is 1. The highest BCUT2D eigenvalue weighted by Crippen LogP contribution is 2.44. The lowest BCUT2D eigenvalue weighted by Crippen LogP contribution is -2.29. The highest BCUT2D eigenvalue weighted by molar-refractivity contribution is 6.47. The summed E-state index contributed by atoms with van der Waals surface area (Å²) in [4.78, 5) is 28.1. The lowest BCUT2D eigenvalue weighted by molar-refractivity contribution is -0.140. The summed E-state index contributed by atoms with van der Waals surface area (Å²) in [7, 11) is 1.90. The van der Waals surface area contributed by atoms with Crippen LogP contribution in [-0.2, 0) is 23.2 Å². The minimum atomic E-state index is -0.849. The standard InChI is InChI=1S/C27H23ClN2O5/c1-3-34-16-10-11-21(28)19(13-16)25(31)23-24(20-15-29(2)22-9-5-4-8-18(20)22)30(27(33)26(23)32)14-17-7-6-12-35-17/h4-13,15,24,31H,3,14H2,1-2H3/b25-23+. The van der Waals surface area contributed by atoms with E-state index in [1.165, 1.54) is 11.2 Å². The Hall–Kier alpha value is -3.97. The van der Waals surface area contributed by atoms with Crippen molar-refractivity contribution in [2.24, 2.45) is 7.05 Å². The Bertz CT molecular complexity index is 1470. The van der Waals surface area contributed by atoms with Crippen molar-refractivity contribution in [2.45, 2.75) is 19.5 Å². The third-order valence-corrected chi connectivity index (χ3v) is 6.50. The number of Topliss-reactive ketones (excluding diaryl/α,β-unsaturated/α-hetero) is 1. The Morgan fingerprint density at radius 3 is 2.69 bits per heavy atom. The molecular formula is C27H23ClN2O5. The van der Waals surface area contributed by atoms with Gasteiger partial charge in [0.25, 0.3) is 11.7 Å². The van der Waals surface area contributed by atoms with Gasteiger partial charge in [0.2, 0.25) is 0 Å². The van der Waals surface area contributed by atoms with E-state index >= 15 is 0 Å². The van der Waals surface area contributed by atoms with Gasteiger partial charge in [0, 0.05) is 35.3 Å². The zero-order chi connectivity index (χ0) is 24.7. The number of ketones is 1. The number of hydrogen-bond donors (Lipinski definition) is 1. The van der Waals surface area contributed by atoms with Crippen molar-refractivity contribution >= 4 is 40.0 Å². The van der Waals surface area contributed by atoms with Crippen LogP contribution in [0.4, 0.5) is 0 Å². The molecule has 0 radical (unpaired) electrons. The zero-order valence-corrected chi connectivity index (χ0v) is 20.0. The second kappa shape index (κ2) is 9.00. The van der Waals surface area contributed by atoms with Crippen LogP contribution in [0.25, 0.3) is 16.7 Å². The Morgan fingerprint density at radius 1 is 1.14 bits per heavy atom. The van der Waals surface area contributed by atoms with Crippen LogP contribution in [0.3, 0.4) is 0 Å². The van der Waals surface area contributed by atoms with E-state index in [1.54, 1.807) is 30.3 Å². The fourth-order valence-corrected chi connectivity index (χ4v) is 4.82. The van der Waals surface area contributed by atoms with Crippen LogP contribution in [0, 0.1) is 0 Å². The molecule has 1 aliphatic rings. The number of rotatable bonds is 6. The van der Waals surface area contributed by atoms with Crippen LogP contribution in [0.5, 0.6) is 5.75 Å². The van der Waals surface area contributed by atoms with Gasteiger partial charge in [-0.2, -0.15) is 0 Å². The van der Waals surface area contributed by atoms with Gasteiger partial charge in [-0.1, -0.05) is 29.8 Å². The molecule has 4 aromatic rings. The molecule has 1 N–H and O–H groups in total. The molecule has 1 saturated heterocycles. The first-order chi connectivity index (χ1) is 16.9. The number of nitrogens with zero attached hydrogens (tertiary/aromatic N) is 2. The number of aromatic nitrogens is 1. The lowest BCUT2D eigenvalue weighted by atomic mass is 9.95. The topological polar surface area (TPSA) is 84.9 Å². The molecule has 1 amide bonds. The molecule has 2 aromatic heterocycles. The maximum absolute atomic E-state index is 13.4. The van der Waals surface area contributed by atoms with E-state index in [0.29, 0.717) is 23.7 Å². The highest BCUT2D eigenvalue weighted by Gasteiger charge is 2.47. The van der Waals surface area contributed by atoms with Crippen molar-refractivity contribution < 1.29 is 23.8 Å². The summed E-state index contributed by atoms with van der Waals surface area (Å²) in [6.07, 6.45) is 3.39. The molecule has 35 heavy (non-hydrogen) atoms. The maximum Gasteiger partial charge on any atom is 0.296 e. The van der Waals surface area contributed by atoms with Gasteiger partial charge in [0.15, 0.2) is 0 Å². The van der Waals surface area contributed by atoms with Crippen LogP contribution >= 0.6 is 11.6 Å². The third-order valence-electron chi connectivity index (χ3n) is 6.17. The minimum Gasteiger partial charge on any atom is -0.507 e. The monoisotopic (exact) mass is 490 g/mol. The summed E-state index contributed by atoms with van der Waals surface area (Å²) in [5.41, 5.74) is 1.84. The largest absolute Gasteiger partial charge is 0.507 e. The molecule has 1 aliphatic heterocycles. The van der Waals surface area contributed by atoms with Crippen molar-refractivity contribution in [1.82, 2.24) is 9.47 Å². The molecular weight excluding hydrogens is 468 g/mol. The van der Waals surface area contributed by atoms with Gasteiger partial charge in [-0.3, -0.25) is 9.59 Å². The molecule has 0 aliphatic carbocycles. The van der Waals surface area contributed by atoms with E-state index < -0.39 is 17.7 Å². The van der Waals surface area contributed by atoms with Crippen molar-refractivity contribution in [3.63, 3.8) is 0 Å². The van der Waals surface area contributed by atoms with Crippen molar-refractivity contribution in [2.75, 3.05) is 6.61 Å². The molecule has 1 atom stereocenters. The number of furan rings is 1. The zero-order valence-electron chi connectivity index (χ0n) is 19.2. The maximum atomic E-state index is 13.4. The van der Waals surface area contributed by atoms with Gasteiger partial charge >= 0.3 is 0 Å². The van der Waals surface area contributed by atoms with Crippen molar-refractivity contribution in [3.05, 3.63) is 94.5 Å². The van der Waals surface area contributed by atoms with Gasteiger partial charge in [-0.15, -0.1) is 0 Å². The van der Waals surface area contributed by atoms with Crippen LogP contribution in [0.2, 0.25) is 5.02 Å². The first kappa shape index (κ1) is 22.8. The Kier molecular flexibility index (Phi) is 5.86. The molecule has 0 spiro atoms. The number of aliphatic hydroxyl groups is 1. The first-order valence-electron chi connectivity index (χ1n) is 11.2. The lowest BCUT2D eigenvalue weighted by Gasteiger charge is -2.24. The van der Waals surface area contributed by atoms with Gasteiger partial charge in [-0.05, 0) is 43.3 Å². The van der Waals surface area contributed by atoms with E-state index in [4.69, 9.17) is 20.8 Å². The minimum absolute atomic E-state index is 0.0338.